The van der Waals surface area contributed by atoms with E-state index in [2.05, 4.69) is 23.7 Å². The highest BCUT2D eigenvalue weighted by molar-refractivity contribution is 7.10. The number of nitrogens with one attached hydrogen (secondary N) is 1. The van der Waals surface area contributed by atoms with Gasteiger partial charge in [-0.15, -0.1) is 11.3 Å². The van der Waals surface area contributed by atoms with E-state index >= 15 is 0 Å². The molecule has 2 N–H and O–H groups in total. The molecule has 1 aliphatic rings. The summed E-state index contributed by atoms with van der Waals surface area (Å²) in [5.74, 6) is 0.773. The lowest BCUT2D eigenvalue weighted by Gasteiger charge is -2.16. The van der Waals surface area contributed by atoms with Crippen LogP contribution in [0.15, 0.2) is 11.4 Å². The number of aliphatic hydroxyl groups excluding tert-OH is 1. The number of hydrogen-bond acceptors (Lipinski definition) is 3. The molecule has 1 aromatic rings. The van der Waals surface area contributed by atoms with Crippen molar-refractivity contribution in [2.24, 2.45) is 5.92 Å². The average molecular weight is 267 g/mol. The third-order valence-corrected chi connectivity index (χ3v) is 4.93. The molecule has 0 aliphatic heterocycles. The Labute approximate surface area is 114 Å². The largest absolute Gasteiger partial charge is 0.392 e. The molecule has 0 spiro atoms. The van der Waals surface area contributed by atoms with Crippen LogP contribution in [-0.4, -0.2) is 17.8 Å². The summed E-state index contributed by atoms with van der Waals surface area (Å²) in [4.78, 5) is 1.42. The minimum Gasteiger partial charge on any atom is -0.392 e. The predicted molar refractivity (Wildman–Crippen MR) is 78.0 cm³/mol. The van der Waals surface area contributed by atoms with Gasteiger partial charge < -0.3 is 10.4 Å². The Morgan fingerprint density at radius 1 is 1.44 bits per heavy atom. The number of rotatable bonds is 7. The van der Waals surface area contributed by atoms with Crippen molar-refractivity contribution < 1.29 is 5.11 Å². The van der Waals surface area contributed by atoms with Gasteiger partial charge in [-0.1, -0.05) is 32.6 Å². The van der Waals surface area contributed by atoms with Crippen molar-refractivity contribution in [3.63, 3.8) is 0 Å². The van der Waals surface area contributed by atoms with Crippen molar-refractivity contribution in [3.8, 4) is 0 Å². The zero-order valence-electron chi connectivity index (χ0n) is 11.3. The summed E-state index contributed by atoms with van der Waals surface area (Å²) >= 11 is 1.81. The maximum Gasteiger partial charge on any atom is 0.0667 e. The number of aryl methyl sites for hydroxylation is 1. The van der Waals surface area contributed by atoms with Crippen LogP contribution in [0.3, 0.4) is 0 Å². The van der Waals surface area contributed by atoms with Gasteiger partial charge in [-0.05, 0) is 35.8 Å². The Morgan fingerprint density at radius 3 is 2.94 bits per heavy atom. The Kier molecular flexibility index (Phi) is 5.67. The van der Waals surface area contributed by atoms with E-state index in [-0.39, 0.29) is 6.10 Å². The third kappa shape index (κ3) is 4.08. The van der Waals surface area contributed by atoms with Crippen molar-refractivity contribution in [1.29, 1.82) is 0 Å². The first-order chi connectivity index (χ1) is 8.79. The van der Waals surface area contributed by atoms with Gasteiger partial charge in [0, 0.05) is 18.0 Å². The molecule has 2 nitrogen and oxygen atoms in total. The summed E-state index contributed by atoms with van der Waals surface area (Å²) in [6, 6.07) is 2.20. The molecule has 0 amide bonds. The molecule has 2 rings (SSSR count). The SMILES string of the molecule is CCc1ccsc1CNCC(O)CC1CCCC1. The molecule has 1 aliphatic carbocycles. The lowest BCUT2D eigenvalue weighted by Crippen LogP contribution is -2.27. The average Bonchev–Trinajstić information content (AvgIpc) is 3.00. The van der Waals surface area contributed by atoms with Crippen molar-refractivity contribution in [1.82, 2.24) is 5.32 Å². The topological polar surface area (TPSA) is 32.3 Å². The van der Waals surface area contributed by atoms with Crippen LogP contribution in [0.2, 0.25) is 0 Å². The first-order valence-electron chi connectivity index (χ1n) is 7.23. The van der Waals surface area contributed by atoms with Crippen molar-refractivity contribution in [2.45, 2.75) is 58.1 Å². The number of hydrogen-bond donors (Lipinski definition) is 2. The summed E-state index contributed by atoms with van der Waals surface area (Å²) in [6.07, 6.45) is 7.28. The summed E-state index contributed by atoms with van der Waals surface area (Å²) in [6.45, 7) is 3.83. The molecule has 1 fully saturated rings. The quantitative estimate of drug-likeness (QED) is 0.794. The first-order valence-corrected chi connectivity index (χ1v) is 8.11. The fourth-order valence-corrected chi connectivity index (χ4v) is 3.85. The molecule has 1 heterocycles. The molecule has 0 aromatic carbocycles. The second kappa shape index (κ2) is 7.27. The van der Waals surface area contributed by atoms with E-state index in [9.17, 15) is 5.11 Å². The summed E-state index contributed by atoms with van der Waals surface area (Å²) < 4.78 is 0. The van der Waals surface area contributed by atoms with Gasteiger partial charge in [0.1, 0.15) is 0 Å². The van der Waals surface area contributed by atoms with Gasteiger partial charge in [0.25, 0.3) is 0 Å². The van der Waals surface area contributed by atoms with Crippen LogP contribution in [-0.2, 0) is 13.0 Å². The van der Waals surface area contributed by atoms with Crippen LogP contribution < -0.4 is 5.32 Å². The molecule has 0 radical (unpaired) electrons. The zero-order valence-corrected chi connectivity index (χ0v) is 12.1. The normalized spacial score (nSPS) is 18.3. The highest BCUT2D eigenvalue weighted by Gasteiger charge is 2.18. The molecule has 1 atom stereocenters. The molecule has 18 heavy (non-hydrogen) atoms. The van der Waals surface area contributed by atoms with Gasteiger partial charge in [-0.3, -0.25) is 0 Å². The molecule has 102 valence electrons. The van der Waals surface area contributed by atoms with Gasteiger partial charge in [0.05, 0.1) is 6.10 Å². The van der Waals surface area contributed by atoms with Crippen LogP contribution in [0.4, 0.5) is 0 Å². The Balaban J connectivity index is 1.65. The maximum absolute atomic E-state index is 10.0. The van der Waals surface area contributed by atoms with Crippen LogP contribution in [0.5, 0.6) is 0 Å². The van der Waals surface area contributed by atoms with Crippen molar-refractivity contribution in [3.05, 3.63) is 21.9 Å². The molecule has 1 aromatic heterocycles. The summed E-state index contributed by atoms with van der Waals surface area (Å²) in [5.41, 5.74) is 1.44. The van der Waals surface area contributed by atoms with Gasteiger partial charge in [-0.2, -0.15) is 0 Å². The van der Waals surface area contributed by atoms with Gasteiger partial charge in [-0.25, -0.2) is 0 Å². The van der Waals surface area contributed by atoms with E-state index in [1.54, 1.807) is 0 Å². The zero-order chi connectivity index (χ0) is 12.8. The highest BCUT2D eigenvalue weighted by Crippen LogP contribution is 2.28. The summed E-state index contributed by atoms with van der Waals surface area (Å²) in [7, 11) is 0. The fourth-order valence-electron chi connectivity index (χ4n) is 2.90. The van der Waals surface area contributed by atoms with Crippen LogP contribution in [0.1, 0.15) is 49.5 Å². The minimum atomic E-state index is -0.168. The standard InChI is InChI=1S/C15H25NOS/c1-2-13-7-8-18-15(13)11-16-10-14(17)9-12-5-3-4-6-12/h7-8,12,14,16-17H,2-6,9-11H2,1H3. The van der Waals surface area contributed by atoms with Gasteiger partial charge in [0.15, 0.2) is 0 Å². The van der Waals surface area contributed by atoms with Crippen molar-refractivity contribution >= 4 is 11.3 Å². The van der Waals surface area contributed by atoms with E-state index in [0.717, 1.165) is 31.8 Å². The molecule has 0 bridgehead atoms. The minimum absolute atomic E-state index is 0.168. The van der Waals surface area contributed by atoms with E-state index in [4.69, 9.17) is 0 Å². The van der Waals surface area contributed by atoms with E-state index in [1.165, 1.54) is 36.1 Å². The monoisotopic (exact) mass is 267 g/mol. The van der Waals surface area contributed by atoms with E-state index < -0.39 is 0 Å². The van der Waals surface area contributed by atoms with Crippen LogP contribution in [0, 0.1) is 5.92 Å². The highest BCUT2D eigenvalue weighted by atomic mass is 32.1. The second-order valence-corrected chi connectivity index (χ2v) is 6.39. The van der Waals surface area contributed by atoms with E-state index in [1.807, 2.05) is 11.3 Å². The maximum atomic E-state index is 10.0. The van der Waals surface area contributed by atoms with E-state index in [0.29, 0.717) is 0 Å². The molecular formula is C15H25NOS. The molecule has 0 saturated heterocycles. The number of thiophene rings is 1. The first kappa shape index (κ1) is 14.0. The third-order valence-electron chi connectivity index (χ3n) is 3.96. The van der Waals surface area contributed by atoms with Gasteiger partial charge >= 0.3 is 0 Å². The van der Waals surface area contributed by atoms with Crippen LogP contribution >= 0.6 is 11.3 Å². The predicted octanol–water partition coefficient (Wildman–Crippen LogP) is 3.34. The van der Waals surface area contributed by atoms with Crippen LogP contribution in [0.25, 0.3) is 0 Å². The lowest BCUT2D eigenvalue weighted by atomic mass is 10.00. The lowest BCUT2D eigenvalue weighted by molar-refractivity contribution is 0.140. The Hall–Kier alpha value is -0.380. The Morgan fingerprint density at radius 2 is 2.22 bits per heavy atom. The fraction of sp³-hybridized carbons (Fsp3) is 0.733. The molecular weight excluding hydrogens is 242 g/mol. The molecule has 3 heteroatoms. The smallest absolute Gasteiger partial charge is 0.0667 e. The second-order valence-electron chi connectivity index (χ2n) is 5.39. The van der Waals surface area contributed by atoms with Crippen molar-refractivity contribution in [2.75, 3.05) is 6.54 Å². The number of aliphatic hydroxyl groups is 1. The summed E-state index contributed by atoms with van der Waals surface area (Å²) in [5, 5.41) is 15.6. The molecule has 1 saturated carbocycles. The van der Waals surface area contributed by atoms with Gasteiger partial charge in [0.2, 0.25) is 0 Å². The molecule has 1 unspecified atom stereocenters. The Bertz CT molecular complexity index is 344.